The number of hydrogen-bond donors (Lipinski definition) is 0. The van der Waals surface area contributed by atoms with Gasteiger partial charge in [-0.25, -0.2) is 4.98 Å². The minimum Gasteiger partial charge on any atom is -0.237 e. The Morgan fingerprint density at radius 1 is 1.27 bits per heavy atom. The zero-order valence-corrected chi connectivity index (χ0v) is 5.60. The lowest BCUT2D eigenvalue weighted by Crippen LogP contribution is -2.08. The smallest absolute Gasteiger partial charge is 0.200 e. The highest BCUT2D eigenvalue weighted by Gasteiger charge is 2.01. The molecule has 0 saturated carbocycles. The number of nitriles is 2. The lowest BCUT2D eigenvalue weighted by molar-refractivity contribution is 1.18. The maximum atomic E-state index is 8.39. The molecule has 0 unspecified atom stereocenters. The quantitative estimate of drug-likeness (QED) is 0.433. The summed E-state index contributed by atoms with van der Waals surface area (Å²) in [5.74, 6) is 0.345. The fraction of sp³-hybridized carbons (Fsp3) is 0. The first-order valence-electron chi connectivity index (χ1n) is 2.89. The molecule has 0 atom stereocenters. The third-order valence-electron chi connectivity index (χ3n) is 1.08. The van der Waals surface area contributed by atoms with Crippen molar-refractivity contribution in [2.45, 2.75) is 0 Å². The Morgan fingerprint density at radius 3 is 2.45 bits per heavy atom. The molecule has 0 N–H and O–H groups in total. The molecule has 1 aromatic rings. The molecule has 0 aliphatic heterocycles. The predicted molar refractivity (Wildman–Crippen MR) is 37.9 cm³/mol. The second kappa shape index (κ2) is 3.19. The Kier molecular flexibility index (Phi) is 2.04. The monoisotopic (exact) mass is 144 g/mol. The van der Waals surface area contributed by atoms with Gasteiger partial charge in [-0.15, -0.1) is 0 Å². The molecule has 52 valence electrons. The van der Waals surface area contributed by atoms with Gasteiger partial charge in [0.15, 0.2) is 18.2 Å². The van der Waals surface area contributed by atoms with Crippen molar-refractivity contribution in [3.63, 3.8) is 0 Å². The fourth-order valence-corrected chi connectivity index (χ4v) is 0.611. The molecule has 4 heteroatoms. The molecule has 0 aromatic carbocycles. The molecule has 4 nitrogen and oxygen atoms in total. The highest BCUT2D eigenvalue weighted by atomic mass is 15.2. The van der Waals surface area contributed by atoms with E-state index in [0.29, 0.717) is 5.82 Å². The van der Waals surface area contributed by atoms with Gasteiger partial charge in [-0.1, -0.05) is 6.07 Å². The first kappa shape index (κ1) is 7.04. The molecule has 0 amide bonds. The van der Waals surface area contributed by atoms with Crippen LogP contribution in [0.25, 0.3) is 0 Å². The van der Waals surface area contributed by atoms with E-state index in [4.69, 9.17) is 10.5 Å². The topological polar surface area (TPSA) is 63.7 Å². The minimum atomic E-state index is 0.345. The van der Waals surface area contributed by atoms with E-state index in [2.05, 4.69) is 4.98 Å². The molecule has 0 radical (unpaired) electrons. The molecule has 1 heterocycles. The number of pyridine rings is 1. The number of rotatable bonds is 1. The van der Waals surface area contributed by atoms with Crippen molar-refractivity contribution >= 4 is 5.82 Å². The van der Waals surface area contributed by atoms with Gasteiger partial charge in [0.25, 0.3) is 0 Å². The molecule has 0 saturated heterocycles. The number of nitrogens with zero attached hydrogens (tertiary/aromatic N) is 4. The average Bonchev–Trinajstić information content (AvgIpc) is 2.09. The largest absolute Gasteiger partial charge is 0.237 e. The third kappa shape index (κ3) is 1.44. The third-order valence-corrected chi connectivity index (χ3v) is 1.08. The van der Waals surface area contributed by atoms with Crippen LogP contribution in [-0.4, -0.2) is 4.98 Å². The van der Waals surface area contributed by atoms with Gasteiger partial charge in [-0.2, -0.15) is 15.4 Å². The summed E-state index contributed by atoms with van der Waals surface area (Å²) in [5.41, 5.74) is 0. The van der Waals surface area contributed by atoms with Crippen molar-refractivity contribution in [2.75, 3.05) is 4.90 Å². The Labute approximate surface area is 63.9 Å². The molecular formula is C7H4N4. The van der Waals surface area contributed by atoms with Gasteiger partial charge in [0.05, 0.1) is 0 Å². The van der Waals surface area contributed by atoms with Gasteiger partial charge in [-0.05, 0) is 12.1 Å². The van der Waals surface area contributed by atoms with Crippen LogP contribution >= 0.6 is 0 Å². The Morgan fingerprint density at radius 2 is 2.00 bits per heavy atom. The Balaban J connectivity index is 2.96. The van der Waals surface area contributed by atoms with Gasteiger partial charge >= 0.3 is 0 Å². The highest BCUT2D eigenvalue weighted by molar-refractivity contribution is 5.47. The van der Waals surface area contributed by atoms with Crippen LogP contribution < -0.4 is 4.90 Å². The molecule has 0 fully saturated rings. The van der Waals surface area contributed by atoms with Gasteiger partial charge in [-0.3, -0.25) is 0 Å². The lowest BCUT2D eigenvalue weighted by atomic mass is 10.4. The van der Waals surface area contributed by atoms with Crippen LogP contribution in [0.15, 0.2) is 24.4 Å². The summed E-state index contributed by atoms with van der Waals surface area (Å²) in [6.45, 7) is 0. The van der Waals surface area contributed by atoms with Crippen molar-refractivity contribution < 1.29 is 0 Å². The molecule has 0 aliphatic carbocycles. The van der Waals surface area contributed by atoms with Gasteiger partial charge in [0.2, 0.25) is 0 Å². The summed E-state index contributed by atoms with van der Waals surface area (Å²) in [4.78, 5) is 4.64. The van der Waals surface area contributed by atoms with E-state index in [9.17, 15) is 0 Å². The van der Waals surface area contributed by atoms with E-state index in [1.807, 2.05) is 0 Å². The molecule has 0 aliphatic rings. The molecule has 0 bridgehead atoms. The van der Waals surface area contributed by atoms with E-state index in [0.717, 1.165) is 4.90 Å². The van der Waals surface area contributed by atoms with Crippen LogP contribution in [0.3, 0.4) is 0 Å². The number of aromatic nitrogens is 1. The first-order valence-corrected chi connectivity index (χ1v) is 2.89. The minimum absolute atomic E-state index is 0.345. The second-order valence-electron chi connectivity index (χ2n) is 1.72. The normalized spacial score (nSPS) is 7.82. The van der Waals surface area contributed by atoms with Crippen molar-refractivity contribution in [2.24, 2.45) is 0 Å². The summed E-state index contributed by atoms with van der Waals surface area (Å²) in [6.07, 6.45) is 4.88. The van der Waals surface area contributed by atoms with Crippen molar-refractivity contribution in [1.29, 1.82) is 10.5 Å². The molecule has 11 heavy (non-hydrogen) atoms. The molecule has 1 rings (SSSR count). The molecule has 1 aromatic heterocycles. The lowest BCUT2D eigenvalue weighted by Gasteiger charge is -2.00. The van der Waals surface area contributed by atoms with E-state index < -0.39 is 0 Å². The fourth-order valence-electron chi connectivity index (χ4n) is 0.611. The SMILES string of the molecule is N#CN(C#N)c1ccccn1. The summed E-state index contributed by atoms with van der Waals surface area (Å²) in [5, 5.41) is 16.8. The van der Waals surface area contributed by atoms with E-state index in [1.54, 1.807) is 30.6 Å². The first-order chi connectivity index (χ1) is 5.38. The number of hydrogen-bond acceptors (Lipinski definition) is 4. The molecular weight excluding hydrogens is 140 g/mol. The summed E-state index contributed by atoms with van der Waals surface area (Å²) in [6, 6.07) is 5.02. The maximum Gasteiger partial charge on any atom is 0.200 e. The van der Waals surface area contributed by atoms with Crippen LogP contribution in [0.5, 0.6) is 0 Å². The van der Waals surface area contributed by atoms with E-state index in [1.165, 1.54) is 6.20 Å². The van der Waals surface area contributed by atoms with Crippen LogP contribution in [-0.2, 0) is 0 Å². The van der Waals surface area contributed by atoms with Gasteiger partial charge < -0.3 is 0 Å². The second-order valence-corrected chi connectivity index (χ2v) is 1.72. The summed E-state index contributed by atoms with van der Waals surface area (Å²) in [7, 11) is 0. The molecule has 0 spiro atoms. The number of anilines is 1. The predicted octanol–water partition coefficient (Wildman–Crippen LogP) is 0.850. The van der Waals surface area contributed by atoms with Crippen LogP contribution in [0, 0.1) is 22.9 Å². The van der Waals surface area contributed by atoms with Crippen molar-refractivity contribution in [3.05, 3.63) is 24.4 Å². The average molecular weight is 144 g/mol. The zero-order chi connectivity index (χ0) is 8.10. The van der Waals surface area contributed by atoms with E-state index >= 15 is 0 Å². The van der Waals surface area contributed by atoms with Gasteiger partial charge in [0, 0.05) is 6.20 Å². The van der Waals surface area contributed by atoms with Crippen molar-refractivity contribution in [3.8, 4) is 12.4 Å². The van der Waals surface area contributed by atoms with Crippen LogP contribution in [0.4, 0.5) is 5.82 Å². The highest BCUT2D eigenvalue weighted by Crippen LogP contribution is 2.05. The maximum absolute atomic E-state index is 8.39. The standard InChI is InChI=1S/C7H4N4/c8-5-11(6-9)7-3-1-2-4-10-7/h1-4H. The van der Waals surface area contributed by atoms with Gasteiger partial charge in [0.1, 0.15) is 0 Å². The Bertz CT molecular complexity index is 291. The van der Waals surface area contributed by atoms with Crippen LogP contribution in [0.1, 0.15) is 0 Å². The van der Waals surface area contributed by atoms with Crippen molar-refractivity contribution in [1.82, 2.24) is 4.98 Å². The zero-order valence-electron chi connectivity index (χ0n) is 5.60. The Hall–Kier alpha value is -2.07. The van der Waals surface area contributed by atoms with E-state index in [-0.39, 0.29) is 0 Å². The summed E-state index contributed by atoms with van der Waals surface area (Å²) >= 11 is 0. The van der Waals surface area contributed by atoms with Crippen LogP contribution in [0.2, 0.25) is 0 Å². The summed E-state index contributed by atoms with van der Waals surface area (Å²) < 4.78 is 0.